The largest absolute Gasteiger partial charge is 0.325 e. The topological polar surface area (TPSA) is 87.3 Å². The number of rotatable bonds is 9. The Hall–Kier alpha value is -4.33. The quantitative estimate of drug-likeness (QED) is 0.141. The summed E-state index contributed by atoms with van der Waals surface area (Å²) < 4.78 is 0. The average Bonchev–Trinajstić information content (AvgIpc) is 2.93. The third-order valence-electron chi connectivity index (χ3n) is 5.97. The molecular formula is C33H30ClN3O3S. The van der Waals surface area contributed by atoms with E-state index in [9.17, 15) is 14.4 Å². The Morgan fingerprint density at radius 1 is 0.780 bits per heavy atom. The number of hydrogen-bond acceptors (Lipinski definition) is 4. The van der Waals surface area contributed by atoms with Crippen LogP contribution < -0.4 is 16.0 Å². The van der Waals surface area contributed by atoms with Crippen LogP contribution in [0.2, 0.25) is 5.02 Å². The van der Waals surface area contributed by atoms with Crippen molar-refractivity contribution in [2.45, 2.75) is 30.9 Å². The van der Waals surface area contributed by atoms with Crippen LogP contribution >= 0.6 is 23.4 Å². The number of anilines is 2. The van der Waals surface area contributed by atoms with Crippen molar-refractivity contribution in [3.8, 4) is 0 Å². The monoisotopic (exact) mass is 583 g/mol. The van der Waals surface area contributed by atoms with Crippen molar-refractivity contribution in [2.24, 2.45) is 0 Å². The Labute approximate surface area is 249 Å². The van der Waals surface area contributed by atoms with E-state index in [0.717, 1.165) is 21.7 Å². The van der Waals surface area contributed by atoms with E-state index in [1.54, 1.807) is 66.7 Å². The van der Waals surface area contributed by atoms with Crippen LogP contribution in [0.4, 0.5) is 11.4 Å². The second-order valence-corrected chi connectivity index (χ2v) is 11.4. The van der Waals surface area contributed by atoms with E-state index in [1.165, 1.54) is 11.8 Å². The molecule has 0 aliphatic heterocycles. The lowest BCUT2D eigenvalue weighted by atomic mass is 10.1. The van der Waals surface area contributed by atoms with Crippen molar-refractivity contribution < 1.29 is 14.4 Å². The maximum absolute atomic E-state index is 13.3. The number of hydrogen-bond donors (Lipinski definition) is 3. The zero-order valence-corrected chi connectivity index (χ0v) is 24.5. The molecule has 4 rings (SSSR count). The van der Waals surface area contributed by atoms with Gasteiger partial charge in [-0.15, -0.1) is 11.8 Å². The van der Waals surface area contributed by atoms with E-state index >= 15 is 0 Å². The summed E-state index contributed by atoms with van der Waals surface area (Å²) >= 11 is 7.53. The fourth-order valence-corrected chi connectivity index (χ4v) is 5.14. The Morgan fingerprint density at radius 3 is 2.12 bits per heavy atom. The Bertz CT molecular complexity index is 1570. The van der Waals surface area contributed by atoms with E-state index < -0.39 is 11.8 Å². The fraction of sp³-hybridized carbons (Fsp3) is 0.121. The van der Waals surface area contributed by atoms with Gasteiger partial charge in [-0.3, -0.25) is 14.4 Å². The van der Waals surface area contributed by atoms with E-state index in [2.05, 4.69) is 22.0 Å². The first-order valence-corrected chi connectivity index (χ1v) is 14.2. The van der Waals surface area contributed by atoms with Gasteiger partial charge >= 0.3 is 0 Å². The molecule has 0 saturated carbocycles. The molecule has 0 heterocycles. The molecule has 208 valence electrons. The Morgan fingerprint density at radius 2 is 1.46 bits per heavy atom. The summed E-state index contributed by atoms with van der Waals surface area (Å²) in [4.78, 5) is 39.7. The van der Waals surface area contributed by atoms with Crippen LogP contribution in [0.3, 0.4) is 0 Å². The molecule has 4 aromatic rings. The van der Waals surface area contributed by atoms with Crippen molar-refractivity contribution in [3.63, 3.8) is 0 Å². The zero-order chi connectivity index (χ0) is 29.4. The van der Waals surface area contributed by atoms with Crippen LogP contribution in [0, 0.1) is 13.8 Å². The maximum Gasteiger partial charge on any atom is 0.272 e. The highest BCUT2D eigenvalue weighted by Gasteiger charge is 2.17. The second kappa shape index (κ2) is 13.8. The van der Waals surface area contributed by atoms with Gasteiger partial charge in [0.1, 0.15) is 5.70 Å². The number of aryl methyl sites for hydroxylation is 2. The van der Waals surface area contributed by atoms with Crippen LogP contribution in [-0.2, 0) is 9.59 Å². The van der Waals surface area contributed by atoms with Gasteiger partial charge in [-0.1, -0.05) is 48.0 Å². The second-order valence-electron chi connectivity index (χ2n) is 9.54. The standard InChI is InChI=1S/C33H30ClN3O3S/c1-21-16-22(2)18-28(17-21)36-31(38)23(3)41-29-14-12-27(13-15-29)35-33(40)30(20-24-8-7-11-26(34)19-24)37-32(39)25-9-5-4-6-10-25/h4-20,23H,1-3H3,(H,35,40)(H,36,38)(H,37,39)/b30-20-. The van der Waals surface area contributed by atoms with Crippen molar-refractivity contribution in [3.05, 3.63) is 130 Å². The Kier molecular flexibility index (Phi) is 10.0. The van der Waals surface area contributed by atoms with Crippen molar-refractivity contribution in [1.29, 1.82) is 0 Å². The van der Waals surface area contributed by atoms with E-state index in [1.807, 2.05) is 51.1 Å². The van der Waals surface area contributed by atoms with Gasteiger partial charge in [0.05, 0.1) is 5.25 Å². The van der Waals surface area contributed by atoms with E-state index in [4.69, 9.17) is 11.6 Å². The third kappa shape index (κ3) is 8.83. The van der Waals surface area contributed by atoms with Crippen molar-refractivity contribution >= 4 is 58.5 Å². The van der Waals surface area contributed by atoms with Crippen LogP contribution in [0.5, 0.6) is 0 Å². The van der Waals surface area contributed by atoms with Crippen molar-refractivity contribution in [1.82, 2.24) is 5.32 Å². The van der Waals surface area contributed by atoms with Gasteiger partial charge in [-0.2, -0.15) is 0 Å². The lowest BCUT2D eigenvalue weighted by molar-refractivity contribution is -0.115. The molecule has 3 amide bonds. The molecule has 41 heavy (non-hydrogen) atoms. The normalized spacial score (nSPS) is 11.9. The molecular weight excluding hydrogens is 554 g/mol. The summed E-state index contributed by atoms with van der Waals surface area (Å²) in [7, 11) is 0. The minimum Gasteiger partial charge on any atom is -0.325 e. The van der Waals surface area contributed by atoms with Crippen LogP contribution in [0.15, 0.2) is 108 Å². The highest BCUT2D eigenvalue weighted by Crippen LogP contribution is 2.26. The average molecular weight is 584 g/mol. The molecule has 1 unspecified atom stereocenters. The Balaban J connectivity index is 1.43. The molecule has 1 atom stereocenters. The van der Waals surface area contributed by atoms with Crippen LogP contribution in [-0.4, -0.2) is 23.0 Å². The molecule has 3 N–H and O–H groups in total. The predicted octanol–water partition coefficient (Wildman–Crippen LogP) is 7.49. The summed E-state index contributed by atoms with van der Waals surface area (Å²) in [6.07, 6.45) is 1.57. The van der Waals surface area contributed by atoms with Gasteiger partial charge in [-0.25, -0.2) is 0 Å². The van der Waals surface area contributed by atoms with Gasteiger partial charge in [0, 0.05) is 26.9 Å². The summed E-state index contributed by atoms with van der Waals surface area (Å²) in [5, 5.41) is 8.71. The summed E-state index contributed by atoms with van der Waals surface area (Å²) in [6.45, 7) is 5.84. The summed E-state index contributed by atoms with van der Waals surface area (Å²) in [6, 6.07) is 28.8. The molecule has 0 radical (unpaired) electrons. The molecule has 0 spiro atoms. The number of thioether (sulfide) groups is 1. The molecule has 0 aromatic heterocycles. The van der Waals surface area contributed by atoms with E-state index in [-0.39, 0.29) is 16.9 Å². The number of halogens is 1. The van der Waals surface area contributed by atoms with Gasteiger partial charge in [-0.05, 0) is 104 Å². The first-order chi connectivity index (χ1) is 19.7. The summed E-state index contributed by atoms with van der Waals surface area (Å²) in [5.74, 6) is -0.993. The molecule has 0 fully saturated rings. The fourth-order valence-electron chi connectivity index (χ4n) is 4.07. The molecule has 4 aromatic carbocycles. The van der Waals surface area contributed by atoms with Gasteiger partial charge in [0.25, 0.3) is 11.8 Å². The number of carbonyl (C=O) groups is 3. The zero-order valence-electron chi connectivity index (χ0n) is 22.9. The minimum absolute atomic E-state index is 0.0660. The third-order valence-corrected chi connectivity index (χ3v) is 7.32. The molecule has 0 bridgehead atoms. The first kappa shape index (κ1) is 29.6. The van der Waals surface area contributed by atoms with Gasteiger partial charge in [0.15, 0.2) is 0 Å². The molecule has 0 saturated heterocycles. The van der Waals surface area contributed by atoms with Crippen molar-refractivity contribution in [2.75, 3.05) is 10.6 Å². The minimum atomic E-state index is -0.490. The lowest BCUT2D eigenvalue weighted by Crippen LogP contribution is -2.30. The lowest BCUT2D eigenvalue weighted by Gasteiger charge is -2.14. The maximum atomic E-state index is 13.3. The number of carbonyl (C=O) groups excluding carboxylic acids is 3. The highest BCUT2D eigenvalue weighted by molar-refractivity contribution is 8.00. The highest BCUT2D eigenvalue weighted by atomic mass is 35.5. The van der Waals surface area contributed by atoms with Gasteiger partial charge < -0.3 is 16.0 Å². The molecule has 0 aliphatic rings. The number of nitrogens with one attached hydrogen (secondary N) is 3. The molecule has 0 aliphatic carbocycles. The van der Waals surface area contributed by atoms with Crippen LogP contribution in [0.1, 0.15) is 34.0 Å². The van der Waals surface area contributed by atoms with Crippen LogP contribution in [0.25, 0.3) is 6.08 Å². The molecule has 6 nitrogen and oxygen atoms in total. The predicted molar refractivity (Wildman–Crippen MR) is 168 cm³/mol. The van der Waals surface area contributed by atoms with Gasteiger partial charge in [0.2, 0.25) is 5.91 Å². The number of amides is 3. The molecule has 8 heteroatoms. The first-order valence-electron chi connectivity index (χ1n) is 13.0. The smallest absolute Gasteiger partial charge is 0.272 e. The SMILES string of the molecule is Cc1cc(C)cc(NC(=O)C(C)Sc2ccc(NC(=O)/C(=C/c3cccc(Cl)c3)NC(=O)c3ccccc3)cc2)c1. The van der Waals surface area contributed by atoms with E-state index in [0.29, 0.717) is 21.8 Å². The number of benzene rings is 4. The summed E-state index contributed by atoms with van der Waals surface area (Å²) in [5.41, 5.74) is 4.64.